The van der Waals surface area contributed by atoms with Gasteiger partial charge in [0.1, 0.15) is 0 Å². The highest BCUT2D eigenvalue weighted by atomic mass is 32.1. The average molecular weight is 278 g/mol. The van der Waals surface area contributed by atoms with Crippen LogP contribution >= 0.6 is 12.2 Å². The van der Waals surface area contributed by atoms with Gasteiger partial charge in [0.2, 0.25) is 5.91 Å². The lowest BCUT2D eigenvalue weighted by Gasteiger charge is -2.26. The first-order valence-electron chi connectivity index (χ1n) is 6.77. The molecule has 4 heteroatoms. The van der Waals surface area contributed by atoms with E-state index in [-0.39, 0.29) is 16.8 Å². The van der Waals surface area contributed by atoms with Gasteiger partial charge in [0.05, 0.1) is 10.9 Å². The maximum absolute atomic E-state index is 12.6. The van der Waals surface area contributed by atoms with E-state index >= 15 is 0 Å². The molecule has 19 heavy (non-hydrogen) atoms. The molecule has 0 aliphatic carbocycles. The normalized spacial score (nSPS) is 11.9. The molecule has 2 N–H and O–H groups in total. The molecular weight excluding hydrogens is 256 g/mol. The van der Waals surface area contributed by atoms with Crippen LogP contribution in [0.2, 0.25) is 0 Å². The van der Waals surface area contributed by atoms with E-state index in [1.165, 1.54) is 0 Å². The van der Waals surface area contributed by atoms with Crippen LogP contribution in [0.1, 0.15) is 33.1 Å². The first-order chi connectivity index (χ1) is 9.11. The molecule has 1 atom stereocenters. The van der Waals surface area contributed by atoms with Gasteiger partial charge in [0.25, 0.3) is 0 Å². The van der Waals surface area contributed by atoms with Gasteiger partial charge < -0.3 is 10.6 Å². The molecule has 0 heterocycles. The van der Waals surface area contributed by atoms with Crippen LogP contribution in [0.5, 0.6) is 0 Å². The van der Waals surface area contributed by atoms with Crippen LogP contribution in [0, 0.1) is 5.92 Å². The summed E-state index contributed by atoms with van der Waals surface area (Å²) in [5, 5.41) is 0. The van der Waals surface area contributed by atoms with Gasteiger partial charge >= 0.3 is 0 Å². The van der Waals surface area contributed by atoms with E-state index in [9.17, 15) is 4.79 Å². The van der Waals surface area contributed by atoms with Crippen molar-refractivity contribution in [3.63, 3.8) is 0 Å². The number of nitrogens with two attached hydrogens (primary N) is 1. The highest BCUT2D eigenvalue weighted by molar-refractivity contribution is 7.80. The third-order valence-electron chi connectivity index (χ3n) is 3.12. The highest BCUT2D eigenvalue weighted by Gasteiger charge is 2.25. The van der Waals surface area contributed by atoms with Gasteiger partial charge in [-0.2, -0.15) is 0 Å². The molecule has 1 amide bonds. The Morgan fingerprint density at radius 2 is 1.95 bits per heavy atom. The van der Waals surface area contributed by atoms with Gasteiger partial charge in [0, 0.05) is 12.2 Å². The molecule has 1 aromatic rings. The lowest BCUT2D eigenvalue weighted by molar-refractivity contribution is -0.120. The Morgan fingerprint density at radius 1 is 1.32 bits per heavy atom. The van der Waals surface area contributed by atoms with Crippen LogP contribution in [-0.4, -0.2) is 17.4 Å². The summed E-state index contributed by atoms with van der Waals surface area (Å²) >= 11 is 5.00. The minimum Gasteiger partial charge on any atom is -0.393 e. The predicted molar refractivity (Wildman–Crippen MR) is 84.3 cm³/mol. The van der Waals surface area contributed by atoms with Crippen LogP contribution in [0.15, 0.2) is 30.3 Å². The molecule has 3 nitrogen and oxygen atoms in total. The van der Waals surface area contributed by atoms with Crippen LogP contribution in [0.4, 0.5) is 5.69 Å². The zero-order chi connectivity index (χ0) is 14.3. The number of benzene rings is 1. The predicted octanol–water partition coefficient (Wildman–Crippen LogP) is 3.13. The van der Waals surface area contributed by atoms with Crippen LogP contribution < -0.4 is 10.6 Å². The summed E-state index contributed by atoms with van der Waals surface area (Å²) < 4.78 is 0. The van der Waals surface area contributed by atoms with Gasteiger partial charge in [-0.15, -0.1) is 0 Å². The number of hydrogen-bond acceptors (Lipinski definition) is 2. The Kier molecular flexibility index (Phi) is 6.50. The summed E-state index contributed by atoms with van der Waals surface area (Å²) in [7, 11) is 0. The number of rotatable bonds is 7. The average Bonchev–Trinajstić information content (AvgIpc) is 2.40. The van der Waals surface area contributed by atoms with Crippen molar-refractivity contribution in [1.29, 1.82) is 0 Å². The van der Waals surface area contributed by atoms with Gasteiger partial charge in [-0.1, -0.05) is 50.7 Å². The molecule has 0 saturated heterocycles. The Morgan fingerprint density at radius 3 is 2.42 bits per heavy atom. The third-order valence-corrected chi connectivity index (χ3v) is 3.40. The molecule has 0 spiro atoms. The van der Waals surface area contributed by atoms with E-state index in [4.69, 9.17) is 18.0 Å². The summed E-state index contributed by atoms with van der Waals surface area (Å²) in [5.74, 6) is -0.360. The van der Waals surface area contributed by atoms with Crippen molar-refractivity contribution in [2.45, 2.75) is 33.1 Å². The monoisotopic (exact) mass is 278 g/mol. The number of anilines is 1. The number of para-hydroxylation sites is 1. The quantitative estimate of drug-likeness (QED) is 0.779. The number of carbonyl (C=O) groups is 1. The molecule has 0 saturated carbocycles. The molecule has 1 aromatic carbocycles. The number of carbonyl (C=O) groups excluding carboxylic acids is 1. The van der Waals surface area contributed by atoms with E-state index in [0.717, 1.165) is 18.5 Å². The number of thiocarbonyl (C=S) groups is 1. The molecule has 0 radical (unpaired) electrons. The second-order valence-corrected chi connectivity index (χ2v) is 5.01. The number of amides is 1. The smallest absolute Gasteiger partial charge is 0.236 e. The van der Waals surface area contributed by atoms with Crippen molar-refractivity contribution in [2.24, 2.45) is 11.7 Å². The largest absolute Gasteiger partial charge is 0.393 e. The van der Waals surface area contributed by atoms with Crippen molar-refractivity contribution in [2.75, 3.05) is 11.4 Å². The van der Waals surface area contributed by atoms with E-state index in [2.05, 4.69) is 6.92 Å². The highest BCUT2D eigenvalue weighted by Crippen LogP contribution is 2.19. The topological polar surface area (TPSA) is 46.3 Å². The van der Waals surface area contributed by atoms with Gasteiger partial charge in [-0.05, 0) is 25.0 Å². The summed E-state index contributed by atoms with van der Waals surface area (Å²) in [6.45, 7) is 4.75. The Hall–Kier alpha value is -1.42. The van der Waals surface area contributed by atoms with Gasteiger partial charge in [-0.3, -0.25) is 4.79 Å². The fraction of sp³-hybridized carbons (Fsp3) is 0.467. The summed E-state index contributed by atoms with van der Waals surface area (Å²) in [6, 6.07) is 9.70. The summed E-state index contributed by atoms with van der Waals surface area (Å²) in [4.78, 5) is 14.7. The first kappa shape index (κ1) is 15.6. The second-order valence-electron chi connectivity index (χ2n) is 4.54. The molecule has 0 aliphatic rings. The van der Waals surface area contributed by atoms with Gasteiger partial charge in [0.15, 0.2) is 0 Å². The summed E-state index contributed by atoms with van der Waals surface area (Å²) in [6.07, 6.45) is 2.65. The molecule has 104 valence electrons. The molecule has 0 aliphatic heterocycles. The van der Waals surface area contributed by atoms with Crippen molar-refractivity contribution in [3.8, 4) is 0 Å². The lowest BCUT2D eigenvalue weighted by Crippen LogP contribution is -2.41. The maximum Gasteiger partial charge on any atom is 0.236 e. The Labute approximate surface area is 120 Å². The minimum absolute atomic E-state index is 0.00894. The molecule has 0 fully saturated rings. The van der Waals surface area contributed by atoms with Crippen LogP contribution in [-0.2, 0) is 4.79 Å². The van der Waals surface area contributed by atoms with Crippen LogP contribution in [0.3, 0.4) is 0 Å². The van der Waals surface area contributed by atoms with E-state index < -0.39 is 0 Å². The van der Waals surface area contributed by atoms with E-state index in [1.54, 1.807) is 4.90 Å². The lowest BCUT2D eigenvalue weighted by atomic mass is 10.0. The Bertz CT molecular complexity index is 419. The number of hydrogen-bond donors (Lipinski definition) is 1. The SMILES string of the molecule is CCCCN(C(=O)C(CC)C(N)=S)c1ccccc1. The minimum atomic E-state index is -0.368. The zero-order valence-electron chi connectivity index (χ0n) is 11.6. The van der Waals surface area contributed by atoms with Crippen LogP contribution in [0.25, 0.3) is 0 Å². The molecule has 0 aromatic heterocycles. The standard InChI is InChI=1S/C15H22N2OS/c1-3-5-11-17(12-9-7-6-8-10-12)15(18)13(4-2)14(16)19/h6-10,13H,3-5,11H2,1-2H3,(H2,16,19). The van der Waals surface area contributed by atoms with Crippen molar-refractivity contribution in [3.05, 3.63) is 30.3 Å². The van der Waals surface area contributed by atoms with Crippen molar-refractivity contribution < 1.29 is 4.79 Å². The first-order valence-corrected chi connectivity index (χ1v) is 7.18. The molecule has 0 bridgehead atoms. The summed E-state index contributed by atoms with van der Waals surface area (Å²) in [5.41, 5.74) is 6.59. The van der Waals surface area contributed by atoms with E-state index in [1.807, 2.05) is 37.3 Å². The fourth-order valence-corrected chi connectivity index (χ4v) is 2.24. The molecule has 1 unspecified atom stereocenters. The van der Waals surface area contributed by atoms with Gasteiger partial charge in [-0.25, -0.2) is 0 Å². The fourth-order valence-electron chi connectivity index (χ4n) is 1.98. The molecule has 1 rings (SSSR count). The maximum atomic E-state index is 12.6. The van der Waals surface area contributed by atoms with Crippen molar-refractivity contribution in [1.82, 2.24) is 0 Å². The zero-order valence-corrected chi connectivity index (χ0v) is 12.5. The molecular formula is C15H22N2OS. The number of nitrogens with zero attached hydrogens (tertiary/aromatic N) is 1. The van der Waals surface area contributed by atoms with E-state index in [0.29, 0.717) is 13.0 Å². The number of unbranched alkanes of at least 4 members (excludes halogenated alkanes) is 1. The van der Waals surface area contributed by atoms with Crippen molar-refractivity contribution >= 4 is 28.8 Å². The third kappa shape index (κ3) is 4.31. The Balaban J connectivity index is 2.96. The second kappa shape index (κ2) is 7.89.